The molecule has 7 nitrogen and oxygen atoms in total. The van der Waals surface area contributed by atoms with Crippen molar-refractivity contribution in [2.75, 3.05) is 18.5 Å². The molecule has 2 aromatic rings. The lowest BCUT2D eigenvalue weighted by Crippen LogP contribution is -2.25. The average molecular weight is 404 g/mol. The first-order chi connectivity index (χ1) is 12.1. The number of nitrogens with zero attached hydrogens (tertiary/aromatic N) is 3. The predicted molar refractivity (Wildman–Crippen MR) is 101 cm³/mol. The summed E-state index contributed by atoms with van der Waals surface area (Å²) in [7, 11) is 0. The van der Waals surface area contributed by atoms with Gasteiger partial charge in [-0.05, 0) is 24.6 Å². The number of hydrogen-bond acceptors (Lipinski definition) is 6. The van der Waals surface area contributed by atoms with Crippen LogP contribution in [0, 0.1) is 6.92 Å². The molecule has 2 N–H and O–H groups in total. The van der Waals surface area contributed by atoms with Crippen molar-refractivity contribution in [3.05, 3.63) is 58.7 Å². The molecule has 0 aliphatic rings. The molecule has 0 aliphatic carbocycles. The Morgan fingerprint density at radius 3 is 2.84 bits per heavy atom. The fourth-order valence-corrected chi connectivity index (χ4v) is 2.02. The second kappa shape index (κ2) is 9.53. The predicted octanol–water partition coefficient (Wildman–Crippen LogP) is 2.67. The normalized spacial score (nSPS) is 10.5. The monoisotopic (exact) mass is 403 g/mol. The Morgan fingerprint density at radius 1 is 1.36 bits per heavy atom. The number of halogens is 1. The van der Waals surface area contributed by atoms with Crippen molar-refractivity contribution in [2.45, 2.75) is 6.92 Å². The van der Waals surface area contributed by atoms with Gasteiger partial charge in [0.05, 0.1) is 6.21 Å². The van der Waals surface area contributed by atoms with E-state index in [1.807, 2.05) is 31.2 Å². The third kappa shape index (κ3) is 6.72. The molecule has 2 rings (SSSR count). The van der Waals surface area contributed by atoms with E-state index in [9.17, 15) is 4.79 Å². The van der Waals surface area contributed by atoms with E-state index in [1.54, 1.807) is 18.4 Å². The van der Waals surface area contributed by atoms with Crippen LogP contribution in [0.4, 0.5) is 5.95 Å². The van der Waals surface area contributed by atoms with Gasteiger partial charge in [0.1, 0.15) is 0 Å². The van der Waals surface area contributed by atoms with Gasteiger partial charge in [0.2, 0.25) is 11.8 Å². The maximum atomic E-state index is 11.8. The van der Waals surface area contributed by atoms with Crippen LogP contribution in [0.2, 0.25) is 0 Å². The second-order valence-corrected chi connectivity index (χ2v) is 5.89. The first-order valence-corrected chi connectivity index (χ1v) is 8.27. The summed E-state index contributed by atoms with van der Waals surface area (Å²) in [6.07, 6.45) is 3.25. The molecule has 0 saturated heterocycles. The molecule has 0 fully saturated rings. The molecule has 0 aliphatic heterocycles. The van der Waals surface area contributed by atoms with Gasteiger partial charge in [-0.3, -0.25) is 4.79 Å². The van der Waals surface area contributed by atoms with E-state index in [4.69, 9.17) is 4.74 Å². The smallest absolute Gasteiger partial charge is 0.278 e. The quantitative estimate of drug-likeness (QED) is 0.401. The molecular weight excluding hydrogens is 386 g/mol. The van der Waals surface area contributed by atoms with Crippen molar-refractivity contribution >= 4 is 34.0 Å². The molecule has 8 heteroatoms. The number of nitrogens with one attached hydrogen (secondary N) is 2. The summed E-state index contributed by atoms with van der Waals surface area (Å²) < 4.78 is 6.35. The van der Waals surface area contributed by atoms with Crippen LogP contribution in [0.15, 0.2) is 52.6 Å². The molecule has 130 valence electrons. The molecule has 1 aromatic heterocycles. The number of rotatable bonds is 8. The van der Waals surface area contributed by atoms with Crippen LogP contribution in [0.25, 0.3) is 0 Å². The molecule has 0 saturated carbocycles. The number of hydrazone groups is 1. The van der Waals surface area contributed by atoms with Gasteiger partial charge in [0.25, 0.3) is 5.91 Å². The van der Waals surface area contributed by atoms with Gasteiger partial charge in [0.15, 0.2) is 6.61 Å². The van der Waals surface area contributed by atoms with Crippen LogP contribution in [0.3, 0.4) is 0 Å². The topological polar surface area (TPSA) is 88.5 Å². The Balaban J connectivity index is 1.84. The van der Waals surface area contributed by atoms with Gasteiger partial charge in [-0.2, -0.15) is 10.1 Å². The van der Waals surface area contributed by atoms with Crippen LogP contribution in [0.5, 0.6) is 5.88 Å². The Bertz CT molecular complexity index is 762. The van der Waals surface area contributed by atoms with E-state index >= 15 is 0 Å². The fourth-order valence-electron chi connectivity index (χ4n) is 1.76. The minimum atomic E-state index is -0.384. The van der Waals surface area contributed by atoms with Crippen molar-refractivity contribution in [3.63, 3.8) is 0 Å². The first-order valence-electron chi connectivity index (χ1n) is 7.47. The lowest BCUT2D eigenvalue weighted by atomic mass is 10.2. The summed E-state index contributed by atoms with van der Waals surface area (Å²) in [5, 5.41) is 6.85. The van der Waals surface area contributed by atoms with E-state index in [0.29, 0.717) is 18.4 Å². The van der Waals surface area contributed by atoms with Crippen molar-refractivity contribution in [1.82, 2.24) is 15.4 Å². The molecule has 0 spiro atoms. The average Bonchev–Trinajstić information content (AvgIpc) is 2.59. The molecule has 0 bridgehead atoms. The van der Waals surface area contributed by atoms with E-state index in [2.05, 4.69) is 48.3 Å². The highest BCUT2D eigenvalue weighted by Crippen LogP contribution is 2.12. The lowest BCUT2D eigenvalue weighted by molar-refractivity contribution is -0.123. The maximum absolute atomic E-state index is 11.8. The first kappa shape index (κ1) is 18.6. The van der Waals surface area contributed by atoms with Gasteiger partial charge in [-0.1, -0.05) is 34.1 Å². The maximum Gasteiger partial charge on any atom is 0.278 e. The van der Waals surface area contributed by atoms with Crippen LogP contribution in [0.1, 0.15) is 11.3 Å². The molecule has 0 unspecified atom stereocenters. The Hall–Kier alpha value is -2.74. The highest BCUT2D eigenvalue weighted by Gasteiger charge is 2.05. The minimum absolute atomic E-state index is 0.199. The van der Waals surface area contributed by atoms with Crippen molar-refractivity contribution in [1.29, 1.82) is 0 Å². The standard InChI is InChI=1S/C17H18BrN5O2/c1-3-8-19-17-21-12(2)9-16(22-17)25-11-15(24)23-20-10-13-4-6-14(18)7-5-13/h3-7,9-10H,1,8,11H2,2H3,(H,23,24)(H,19,21,22). The van der Waals surface area contributed by atoms with Crippen molar-refractivity contribution in [3.8, 4) is 5.88 Å². The molecule has 1 heterocycles. The summed E-state index contributed by atoms with van der Waals surface area (Å²) in [5.41, 5.74) is 4.00. The zero-order chi connectivity index (χ0) is 18.1. The number of anilines is 1. The molecule has 1 aromatic carbocycles. The van der Waals surface area contributed by atoms with Crippen LogP contribution in [-0.4, -0.2) is 35.2 Å². The van der Waals surface area contributed by atoms with Crippen LogP contribution < -0.4 is 15.5 Å². The largest absolute Gasteiger partial charge is 0.467 e. The summed E-state index contributed by atoms with van der Waals surface area (Å²) in [6, 6.07) is 9.18. The number of benzene rings is 1. The highest BCUT2D eigenvalue weighted by molar-refractivity contribution is 9.10. The number of carbonyl (C=O) groups excluding carboxylic acids is 1. The minimum Gasteiger partial charge on any atom is -0.467 e. The number of aryl methyl sites for hydroxylation is 1. The number of carbonyl (C=O) groups is 1. The second-order valence-electron chi connectivity index (χ2n) is 4.97. The SMILES string of the molecule is C=CCNc1nc(C)cc(OCC(=O)NN=Cc2ccc(Br)cc2)n1. The van der Waals surface area contributed by atoms with E-state index in [0.717, 1.165) is 15.7 Å². The van der Waals surface area contributed by atoms with Crippen molar-refractivity contribution < 1.29 is 9.53 Å². The number of aromatic nitrogens is 2. The Morgan fingerprint density at radius 2 is 2.12 bits per heavy atom. The summed E-state index contributed by atoms with van der Waals surface area (Å²) in [5.74, 6) is 0.347. The third-order valence-corrected chi connectivity index (χ3v) is 3.39. The van der Waals surface area contributed by atoms with Crippen molar-refractivity contribution in [2.24, 2.45) is 5.10 Å². The zero-order valence-corrected chi connectivity index (χ0v) is 15.3. The zero-order valence-electron chi connectivity index (χ0n) is 13.7. The lowest BCUT2D eigenvalue weighted by Gasteiger charge is -2.07. The van der Waals surface area contributed by atoms with Gasteiger partial charge in [0, 0.05) is 22.8 Å². The van der Waals surface area contributed by atoms with Gasteiger partial charge in [-0.15, -0.1) is 6.58 Å². The fraction of sp³-hybridized carbons (Fsp3) is 0.176. The third-order valence-electron chi connectivity index (χ3n) is 2.86. The van der Waals surface area contributed by atoms with Crippen LogP contribution >= 0.6 is 15.9 Å². The summed E-state index contributed by atoms with van der Waals surface area (Å²) in [4.78, 5) is 20.1. The molecular formula is C17H18BrN5O2. The molecule has 1 amide bonds. The summed E-state index contributed by atoms with van der Waals surface area (Å²) in [6.45, 7) is 5.77. The highest BCUT2D eigenvalue weighted by atomic mass is 79.9. The van der Waals surface area contributed by atoms with Gasteiger partial charge < -0.3 is 10.1 Å². The van der Waals surface area contributed by atoms with E-state index in [-0.39, 0.29) is 12.5 Å². The molecule has 0 atom stereocenters. The van der Waals surface area contributed by atoms with E-state index < -0.39 is 0 Å². The number of ether oxygens (including phenoxy) is 1. The Labute approximate surface area is 154 Å². The molecule has 25 heavy (non-hydrogen) atoms. The summed E-state index contributed by atoms with van der Waals surface area (Å²) >= 11 is 3.35. The number of hydrogen-bond donors (Lipinski definition) is 2. The number of amides is 1. The van der Waals surface area contributed by atoms with Crippen LogP contribution in [-0.2, 0) is 4.79 Å². The molecule has 0 radical (unpaired) electrons. The Kier molecular flexibility index (Phi) is 7.09. The van der Waals surface area contributed by atoms with Gasteiger partial charge >= 0.3 is 0 Å². The van der Waals surface area contributed by atoms with E-state index in [1.165, 1.54) is 0 Å². The van der Waals surface area contributed by atoms with Gasteiger partial charge in [-0.25, -0.2) is 10.4 Å².